The summed E-state index contributed by atoms with van der Waals surface area (Å²) in [6, 6.07) is 5.84. The van der Waals surface area contributed by atoms with E-state index in [1.807, 2.05) is 18.2 Å². The first-order valence-corrected chi connectivity index (χ1v) is 9.62. The maximum absolute atomic E-state index is 11.4. The van der Waals surface area contributed by atoms with E-state index in [0.717, 1.165) is 32.1 Å². The van der Waals surface area contributed by atoms with E-state index in [4.69, 9.17) is 11.6 Å². The van der Waals surface area contributed by atoms with Gasteiger partial charge in [-0.3, -0.25) is 0 Å². The highest BCUT2D eigenvalue weighted by molar-refractivity contribution is 6.31. The number of phenolic OH excluding ortho intramolecular Hbond substituents is 1. The second-order valence-corrected chi connectivity index (χ2v) is 8.54. The van der Waals surface area contributed by atoms with Gasteiger partial charge in [-0.05, 0) is 80.0 Å². The molecule has 5 atom stereocenters. The van der Waals surface area contributed by atoms with Gasteiger partial charge in [-0.25, -0.2) is 0 Å². The van der Waals surface area contributed by atoms with Gasteiger partial charge < -0.3 is 10.2 Å². The molecule has 3 aliphatic rings. The van der Waals surface area contributed by atoms with Crippen LogP contribution >= 0.6 is 11.6 Å². The molecule has 2 N–H and O–H groups in total. The molecular formula is C22H25ClO2. The third-order valence-electron chi connectivity index (χ3n) is 7.13. The highest BCUT2D eigenvalue weighted by Crippen LogP contribution is 2.62. The van der Waals surface area contributed by atoms with E-state index in [9.17, 15) is 10.2 Å². The molecule has 1 aromatic carbocycles. The molecule has 0 unspecified atom stereocenters. The molecular weight excluding hydrogens is 332 g/mol. The minimum atomic E-state index is -1.23. The minimum absolute atomic E-state index is 0.308. The van der Waals surface area contributed by atoms with E-state index >= 15 is 0 Å². The lowest BCUT2D eigenvalue weighted by Gasteiger charge is -2.58. The van der Waals surface area contributed by atoms with Crippen LogP contribution in [0.1, 0.15) is 56.6 Å². The Kier molecular flexibility index (Phi) is 3.94. The number of benzene rings is 1. The Hall–Kier alpha value is -1.43. The van der Waals surface area contributed by atoms with Crippen LogP contribution in [0.3, 0.4) is 0 Å². The van der Waals surface area contributed by atoms with Crippen LogP contribution in [0, 0.1) is 29.1 Å². The summed E-state index contributed by atoms with van der Waals surface area (Å²) in [5, 5.41) is 21.7. The summed E-state index contributed by atoms with van der Waals surface area (Å²) < 4.78 is 0. The Balaban J connectivity index is 1.76. The summed E-state index contributed by atoms with van der Waals surface area (Å²) >= 11 is 6.47. The predicted octanol–water partition coefficient (Wildman–Crippen LogP) is 4.74. The van der Waals surface area contributed by atoms with Crippen molar-refractivity contribution < 1.29 is 10.2 Å². The molecule has 0 aliphatic heterocycles. The molecule has 3 heteroatoms. The smallest absolute Gasteiger partial charge is 0.166 e. The second kappa shape index (κ2) is 5.79. The van der Waals surface area contributed by atoms with Crippen molar-refractivity contribution in [2.75, 3.05) is 0 Å². The van der Waals surface area contributed by atoms with Crippen LogP contribution in [-0.4, -0.2) is 15.8 Å². The lowest BCUT2D eigenvalue weighted by atomic mass is 9.48. The molecule has 0 heterocycles. The van der Waals surface area contributed by atoms with E-state index in [1.165, 1.54) is 11.1 Å². The van der Waals surface area contributed by atoms with Crippen molar-refractivity contribution in [1.29, 1.82) is 0 Å². The fourth-order valence-electron chi connectivity index (χ4n) is 5.81. The van der Waals surface area contributed by atoms with E-state index in [-0.39, 0.29) is 5.41 Å². The summed E-state index contributed by atoms with van der Waals surface area (Å²) in [7, 11) is 0. The number of phenols is 1. The number of fused-ring (bicyclic) bond motifs is 5. The lowest BCUT2D eigenvalue weighted by Crippen LogP contribution is -2.57. The number of halogens is 1. The summed E-state index contributed by atoms with van der Waals surface area (Å²) in [5.41, 5.74) is 1.14. The highest BCUT2D eigenvalue weighted by Gasteiger charge is 2.59. The molecule has 0 amide bonds. The van der Waals surface area contributed by atoms with Crippen LogP contribution in [0.25, 0.3) is 0 Å². The van der Waals surface area contributed by atoms with Gasteiger partial charge in [0.2, 0.25) is 0 Å². The maximum Gasteiger partial charge on any atom is 0.166 e. The summed E-state index contributed by atoms with van der Waals surface area (Å²) in [4.78, 5) is 0. The molecule has 1 saturated carbocycles. The second-order valence-electron chi connectivity index (χ2n) is 8.13. The first-order chi connectivity index (χ1) is 11.9. The first kappa shape index (κ1) is 17.0. The Morgan fingerprint density at radius 3 is 2.84 bits per heavy atom. The monoisotopic (exact) mass is 356 g/mol. The average molecular weight is 357 g/mol. The number of aryl methyl sites for hydroxylation is 1. The van der Waals surface area contributed by atoms with Crippen LogP contribution in [0.5, 0.6) is 5.75 Å². The van der Waals surface area contributed by atoms with Gasteiger partial charge in [-0.1, -0.05) is 36.6 Å². The van der Waals surface area contributed by atoms with Crippen molar-refractivity contribution in [2.45, 2.75) is 57.5 Å². The first-order valence-electron chi connectivity index (χ1n) is 9.25. The Morgan fingerprint density at radius 2 is 2.08 bits per heavy atom. The van der Waals surface area contributed by atoms with Gasteiger partial charge in [-0.2, -0.15) is 0 Å². The molecule has 4 rings (SSSR count). The van der Waals surface area contributed by atoms with Gasteiger partial charge in [0.1, 0.15) is 5.75 Å². The highest BCUT2D eigenvalue weighted by atomic mass is 35.5. The number of hydrogen-bond acceptors (Lipinski definition) is 2. The van der Waals surface area contributed by atoms with Crippen molar-refractivity contribution in [3.63, 3.8) is 0 Å². The standard InChI is InChI=1S/C22H25ClO2/c1-3-11-22(25)20(23)9-8-19-18-6-4-14-13-15(24)5-7-16(14)17(18)10-12-21(19,22)2/h5,7,9,13,17-19,24-25H,4,6,8,10,12H2,1-2H3/t17-,18-,19+,21+,22+/m1/s1. The molecule has 3 aliphatic carbocycles. The van der Waals surface area contributed by atoms with E-state index in [1.54, 1.807) is 6.92 Å². The molecule has 25 heavy (non-hydrogen) atoms. The van der Waals surface area contributed by atoms with Crippen LogP contribution < -0.4 is 0 Å². The normalized spacial score (nSPS) is 39.2. The number of rotatable bonds is 0. The van der Waals surface area contributed by atoms with Gasteiger partial charge in [0.15, 0.2) is 5.60 Å². The van der Waals surface area contributed by atoms with Gasteiger partial charge in [0, 0.05) is 5.41 Å². The van der Waals surface area contributed by atoms with E-state index in [0.29, 0.717) is 28.5 Å². The number of hydrogen-bond donors (Lipinski definition) is 2. The average Bonchev–Trinajstić information content (AvgIpc) is 2.59. The van der Waals surface area contributed by atoms with Gasteiger partial charge in [0.05, 0.1) is 5.03 Å². The Bertz CT molecular complexity index is 802. The summed E-state index contributed by atoms with van der Waals surface area (Å²) in [5.74, 6) is 7.72. The predicted molar refractivity (Wildman–Crippen MR) is 100 cm³/mol. The zero-order valence-corrected chi connectivity index (χ0v) is 15.6. The molecule has 0 bridgehead atoms. The van der Waals surface area contributed by atoms with E-state index in [2.05, 4.69) is 24.8 Å². The van der Waals surface area contributed by atoms with E-state index < -0.39 is 5.60 Å². The topological polar surface area (TPSA) is 40.5 Å². The van der Waals surface area contributed by atoms with Crippen LogP contribution in [0.4, 0.5) is 0 Å². The zero-order valence-electron chi connectivity index (χ0n) is 14.8. The summed E-state index contributed by atoms with van der Waals surface area (Å²) in [6.45, 7) is 3.95. The third kappa shape index (κ3) is 2.29. The fourth-order valence-corrected chi connectivity index (χ4v) is 6.16. The quantitative estimate of drug-likeness (QED) is 0.659. The summed E-state index contributed by atoms with van der Waals surface area (Å²) in [6.07, 6.45) is 6.95. The largest absolute Gasteiger partial charge is 0.508 e. The van der Waals surface area contributed by atoms with Crippen molar-refractivity contribution in [1.82, 2.24) is 0 Å². The third-order valence-corrected chi connectivity index (χ3v) is 7.56. The van der Waals surface area contributed by atoms with Crippen molar-refractivity contribution >= 4 is 11.6 Å². The van der Waals surface area contributed by atoms with Crippen LogP contribution in [-0.2, 0) is 6.42 Å². The van der Waals surface area contributed by atoms with Gasteiger partial charge in [0.25, 0.3) is 0 Å². The number of allylic oxidation sites excluding steroid dienone is 1. The fraction of sp³-hybridized carbons (Fsp3) is 0.545. The SMILES string of the molecule is CC#C[C@]1(O)C(Cl)=CC[C@H]2[C@@H]3CCc4cc(O)ccc4[C@H]3CC[C@@]21C. The Morgan fingerprint density at radius 1 is 1.28 bits per heavy atom. The number of aromatic hydroxyl groups is 1. The molecule has 0 spiro atoms. The van der Waals surface area contributed by atoms with Crippen molar-refractivity contribution in [2.24, 2.45) is 17.3 Å². The Labute approximate surface area is 154 Å². The van der Waals surface area contributed by atoms with Crippen molar-refractivity contribution in [3.05, 3.63) is 40.4 Å². The van der Waals surface area contributed by atoms with Gasteiger partial charge in [-0.15, -0.1) is 5.92 Å². The van der Waals surface area contributed by atoms with Crippen LogP contribution in [0.15, 0.2) is 29.3 Å². The zero-order chi connectivity index (χ0) is 17.8. The lowest BCUT2D eigenvalue weighted by molar-refractivity contribution is -0.0925. The molecule has 132 valence electrons. The van der Waals surface area contributed by atoms with Gasteiger partial charge >= 0.3 is 0 Å². The van der Waals surface area contributed by atoms with Crippen molar-refractivity contribution in [3.8, 4) is 17.6 Å². The maximum atomic E-state index is 11.4. The number of aliphatic hydroxyl groups is 1. The minimum Gasteiger partial charge on any atom is -0.508 e. The molecule has 2 nitrogen and oxygen atoms in total. The molecule has 0 saturated heterocycles. The molecule has 1 aromatic rings. The molecule has 0 radical (unpaired) electrons. The molecule has 1 fully saturated rings. The van der Waals surface area contributed by atoms with Crippen LogP contribution in [0.2, 0.25) is 0 Å². The molecule has 0 aromatic heterocycles.